The van der Waals surface area contributed by atoms with Crippen LogP contribution in [0.15, 0.2) is 18.2 Å². The largest absolute Gasteiger partial charge is 0.497 e. The number of nitrogens with one attached hydrogen (secondary N) is 1. The SMILES string of the molecule is COCCCNC(=O)c1c(C)n(C)c2cc(OC)ccc12. The molecule has 114 valence electrons. The molecule has 1 heterocycles. The van der Waals surface area contributed by atoms with Crippen molar-refractivity contribution < 1.29 is 14.3 Å². The number of hydrogen-bond donors (Lipinski definition) is 1. The van der Waals surface area contributed by atoms with Crippen molar-refractivity contribution in [3.63, 3.8) is 0 Å². The van der Waals surface area contributed by atoms with Crippen LogP contribution in [-0.4, -0.2) is 37.8 Å². The molecule has 0 unspecified atom stereocenters. The first-order chi connectivity index (χ1) is 10.1. The lowest BCUT2D eigenvalue weighted by molar-refractivity contribution is 0.0949. The van der Waals surface area contributed by atoms with E-state index in [0.29, 0.717) is 13.2 Å². The number of methoxy groups -OCH3 is 2. The molecular formula is C16H22N2O3. The summed E-state index contributed by atoms with van der Waals surface area (Å²) in [6.07, 6.45) is 0.805. The zero-order valence-electron chi connectivity index (χ0n) is 13.0. The number of benzene rings is 1. The van der Waals surface area contributed by atoms with Crippen LogP contribution in [0, 0.1) is 6.92 Å². The number of ether oxygens (including phenoxy) is 2. The van der Waals surface area contributed by atoms with E-state index in [1.807, 2.05) is 36.7 Å². The number of nitrogens with zero attached hydrogens (tertiary/aromatic N) is 1. The highest BCUT2D eigenvalue weighted by Crippen LogP contribution is 2.28. The summed E-state index contributed by atoms with van der Waals surface area (Å²) in [7, 11) is 5.25. The topological polar surface area (TPSA) is 52.5 Å². The Kier molecular flexibility index (Phi) is 4.85. The quantitative estimate of drug-likeness (QED) is 0.830. The zero-order valence-corrected chi connectivity index (χ0v) is 13.0. The van der Waals surface area contributed by atoms with E-state index < -0.39 is 0 Å². The van der Waals surface area contributed by atoms with Crippen molar-refractivity contribution in [3.8, 4) is 5.75 Å². The van der Waals surface area contributed by atoms with Gasteiger partial charge >= 0.3 is 0 Å². The molecule has 2 rings (SSSR count). The fourth-order valence-electron chi connectivity index (χ4n) is 2.46. The van der Waals surface area contributed by atoms with Gasteiger partial charge in [-0.25, -0.2) is 0 Å². The Balaban J connectivity index is 2.31. The van der Waals surface area contributed by atoms with E-state index in [1.165, 1.54) is 0 Å². The fraction of sp³-hybridized carbons (Fsp3) is 0.438. The summed E-state index contributed by atoms with van der Waals surface area (Å²) < 4.78 is 12.3. The molecule has 0 atom stereocenters. The second-order valence-corrected chi connectivity index (χ2v) is 5.00. The standard InChI is InChI=1S/C16H22N2O3/c1-11-15(16(19)17-8-5-9-20-3)13-7-6-12(21-4)10-14(13)18(11)2/h6-7,10H,5,8-9H2,1-4H3,(H,17,19). The third kappa shape index (κ3) is 3.03. The zero-order chi connectivity index (χ0) is 15.4. The van der Waals surface area contributed by atoms with Crippen molar-refractivity contribution in [2.24, 2.45) is 7.05 Å². The second-order valence-electron chi connectivity index (χ2n) is 5.00. The van der Waals surface area contributed by atoms with Crippen LogP contribution in [0.4, 0.5) is 0 Å². The Morgan fingerprint density at radius 1 is 1.33 bits per heavy atom. The lowest BCUT2D eigenvalue weighted by Gasteiger charge is -2.05. The molecule has 21 heavy (non-hydrogen) atoms. The van der Waals surface area contributed by atoms with Crippen molar-refractivity contribution in [2.45, 2.75) is 13.3 Å². The Hall–Kier alpha value is -2.01. The average Bonchev–Trinajstić information content (AvgIpc) is 2.75. The number of aryl methyl sites for hydroxylation is 1. The highest BCUT2D eigenvalue weighted by molar-refractivity contribution is 6.08. The second kappa shape index (κ2) is 6.63. The van der Waals surface area contributed by atoms with Crippen LogP contribution < -0.4 is 10.1 Å². The Labute approximate surface area is 124 Å². The molecule has 1 aromatic heterocycles. The van der Waals surface area contributed by atoms with Crippen molar-refractivity contribution in [2.75, 3.05) is 27.4 Å². The summed E-state index contributed by atoms with van der Waals surface area (Å²) in [6, 6.07) is 5.76. The van der Waals surface area contributed by atoms with Gasteiger partial charge in [0.1, 0.15) is 5.75 Å². The molecule has 0 aliphatic rings. The monoisotopic (exact) mass is 290 g/mol. The number of carbonyl (C=O) groups excluding carboxylic acids is 1. The summed E-state index contributed by atoms with van der Waals surface area (Å²) in [5, 5.41) is 3.89. The molecule has 0 spiro atoms. The first-order valence-corrected chi connectivity index (χ1v) is 7.00. The summed E-state index contributed by atoms with van der Waals surface area (Å²) in [6.45, 7) is 3.21. The van der Waals surface area contributed by atoms with E-state index in [4.69, 9.17) is 9.47 Å². The van der Waals surface area contributed by atoms with E-state index in [1.54, 1.807) is 14.2 Å². The number of aromatic nitrogens is 1. The van der Waals surface area contributed by atoms with Crippen LogP contribution in [0.25, 0.3) is 10.9 Å². The van der Waals surface area contributed by atoms with Gasteiger partial charge in [-0.05, 0) is 25.5 Å². The van der Waals surface area contributed by atoms with Gasteiger partial charge in [-0.1, -0.05) is 0 Å². The van der Waals surface area contributed by atoms with Crippen LogP contribution in [0.3, 0.4) is 0 Å². The summed E-state index contributed by atoms with van der Waals surface area (Å²) in [5.41, 5.74) is 2.67. The third-order valence-corrected chi connectivity index (χ3v) is 3.74. The van der Waals surface area contributed by atoms with Crippen molar-refractivity contribution in [1.82, 2.24) is 9.88 Å². The molecule has 0 aliphatic carbocycles. The normalized spacial score (nSPS) is 10.9. The highest BCUT2D eigenvalue weighted by atomic mass is 16.5. The molecule has 5 heteroatoms. The van der Waals surface area contributed by atoms with Gasteiger partial charge < -0.3 is 19.4 Å². The van der Waals surface area contributed by atoms with Crippen LogP contribution in [0.5, 0.6) is 5.75 Å². The predicted molar refractivity (Wildman–Crippen MR) is 83.0 cm³/mol. The third-order valence-electron chi connectivity index (χ3n) is 3.74. The summed E-state index contributed by atoms with van der Waals surface area (Å²) >= 11 is 0. The Morgan fingerprint density at radius 2 is 2.10 bits per heavy atom. The molecule has 1 aromatic carbocycles. The van der Waals surface area contributed by atoms with Crippen molar-refractivity contribution in [1.29, 1.82) is 0 Å². The molecule has 1 N–H and O–H groups in total. The van der Waals surface area contributed by atoms with Crippen LogP contribution in [0.1, 0.15) is 22.5 Å². The number of carbonyl (C=O) groups is 1. The first kappa shape index (κ1) is 15.4. The maximum absolute atomic E-state index is 12.4. The van der Waals surface area contributed by atoms with E-state index in [-0.39, 0.29) is 5.91 Å². The molecule has 5 nitrogen and oxygen atoms in total. The van der Waals surface area contributed by atoms with E-state index >= 15 is 0 Å². The lowest BCUT2D eigenvalue weighted by atomic mass is 10.1. The van der Waals surface area contributed by atoms with E-state index in [2.05, 4.69) is 5.32 Å². The average molecular weight is 290 g/mol. The first-order valence-electron chi connectivity index (χ1n) is 7.00. The lowest BCUT2D eigenvalue weighted by Crippen LogP contribution is -2.25. The molecular weight excluding hydrogens is 268 g/mol. The minimum absolute atomic E-state index is 0.0423. The predicted octanol–water partition coefficient (Wildman–Crippen LogP) is 2.26. The summed E-state index contributed by atoms with van der Waals surface area (Å²) in [5.74, 6) is 0.745. The van der Waals surface area contributed by atoms with Crippen molar-refractivity contribution in [3.05, 3.63) is 29.5 Å². The van der Waals surface area contributed by atoms with Gasteiger partial charge in [0.2, 0.25) is 0 Å². The molecule has 0 aliphatic heterocycles. The molecule has 0 radical (unpaired) electrons. The molecule has 2 aromatic rings. The van der Waals surface area contributed by atoms with Gasteiger partial charge in [0.15, 0.2) is 0 Å². The molecule has 0 bridgehead atoms. The number of fused-ring (bicyclic) bond motifs is 1. The van der Waals surface area contributed by atoms with Crippen LogP contribution in [-0.2, 0) is 11.8 Å². The minimum atomic E-state index is -0.0423. The smallest absolute Gasteiger partial charge is 0.253 e. The maximum Gasteiger partial charge on any atom is 0.253 e. The van der Waals surface area contributed by atoms with Crippen molar-refractivity contribution >= 4 is 16.8 Å². The number of amides is 1. The maximum atomic E-state index is 12.4. The Morgan fingerprint density at radius 3 is 2.76 bits per heavy atom. The van der Waals surface area contributed by atoms with Gasteiger partial charge in [-0.3, -0.25) is 4.79 Å². The van der Waals surface area contributed by atoms with Crippen LogP contribution in [0.2, 0.25) is 0 Å². The molecule has 1 amide bonds. The van der Waals surface area contributed by atoms with Gasteiger partial charge in [0.05, 0.1) is 18.2 Å². The summed E-state index contributed by atoms with van der Waals surface area (Å²) in [4.78, 5) is 12.4. The van der Waals surface area contributed by atoms with Gasteiger partial charge in [-0.2, -0.15) is 0 Å². The molecule has 0 saturated heterocycles. The van der Waals surface area contributed by atoms with Crippen LogP contribution >= 0.6 is 0 Å². The van der Waals surface area contributed by atoms with Gasteiger partial charge in [-0.15, -0.1) is 0 Å². The highest BCUT2D eigenvalue weighted by Gasteiger charge is 2.18. The minimum Gasteiger partial charge on any atom is -0.497 e. The van der Waals surface area contributed by atoms with E-state index in [9.17, 15) is 4.79 Å². The fourth-order valence-corrected chi connectivity index (χ4v) is 2.46. The number of hydrogen-bond acceptors (Lipinski definition) is 3. The van der Waals surface area contributed by atoms with Gasteiger partial charge in [0, 0.05) is 44.5 Å². The molecule has 0 saturated carbocycles. The van der Waals surface area contributed by atoms with E-state index in [0.717, 1.165) is 34.3 Å². The number of rotatable bonds is 6. The Bertz CT molecular complexity index is 646. The van der Waals surface area contributed by atoms with Gasteiger partial charge in [0.25, 0.3) is 5.91 Å². The molecule has 0 fully saturated rings.